The van der Waals surface area contributed by atoms with Gasteiger partial charge in [0.25, 0.3) is 21.9 Å². The number of carbonyl (C=O) groups is 2. The first kappa shape index (κ1) is 10.9. The average molecular weight is 219 g/mol. The van der Waals surface area contributed by atoms with Crippen LogP contribution in [-0.4, -0.2) is 42.0 Å². The fourth-order valence-corrected chi connectivity index (χ4v) is 1.55. The van der Waals surface area contributed by atoms with Crippen molar-refractivity contribution in [1.29, 1.82) is 0 Å². The number of nitrogens with zero attached hydrogens (tertiary/aromatic N) is 1. The Hall–Kier alpha value is -1.21. The highest BCUT2D eigenvalue weighted by Crippen LogP contribution is 2.04. The molecule has 78 valence electrons. The fraction of sp³-hybridized carbons (Fsp3) is 0.429. The summed E-state index contributed by atoms with van der Waals surface area (Å²) in [7, 11) is -4.02. The van der Waals surface area contributed by atoms with Crippen molar-refractivity contribution in [2.75, 3.05) is 12.3 Å². The lowest BCUT2D eigenvalue weighted by Gasteiger charge is -2.12. The molecule has 2 amide bonds. The first-order valence-corrected chi connectivity index (χ1v) is 5.50. The quantitative estimate of drug-likeness (QED) is 0.493. The minimum absolute atomic E-state index is 0.00442. The number of rotatable bonds is 4. The standard InChI is InChI=1S/C7H9NO5S/c9-6-2-3-7(10)8(6)4-1-5-14(11,12)13/h2-3H,1,4-5H2,(H,11,12,13). The van der Waals surface area contributed by atoms with Crippen LogP contribution in [-0.2, 0) is 19.7 Å². The van der Waals surface area contributed by atoms with Gasteiger partial charge in [-0.3, -0.25) is 19.0 Å². The number of imide groups is 1. The van der Waals surface area contributed by atoms with Gasteiger partial charge in [0, 0.05) is 18.7 Å². The van der Waals surface area contributed by atoms with Crippen molar-refractivity contribution < 1.29 is 22.6 Å². The molecule has 0 aromatic heterocycles. The van der Waals surface area contributed by atoms with Crippen LogP contribution in [0.4, 0.5) is 0 Å². The lowest BCUT2D eigenvalue weighted by molar-refractivity contribution is -0.136. The highest BCUT2D eigenvalue weighted by molar-refractivity contribution is 7.85. The van der Waals surface area contributed by atoms with Gasteiger partial charge in [-0.1, -0.05) is 0 Å². The monoisotopic (exact) mass is 219 g/mol. The maximum atomic E-state index is 10.9. The zero-order valence-corrected chi connectivity index (χ0v) is 8.03. The zero-order chi connectivity index (χ0) is 10.8. The molecule has 0 radical (unpaired) electrons. The van der Waals surface area contributed by atoms with Crippen LogP contribution in [0.2, 0.25) is 0 Å². The molecule has 7 heteroatoms. The SMILES string of the molecule is O=C1C=CC(=O)N1CCCS(=O)(=O)O. The highest BCUT2D eigenvalue weighted by Gasteiger charge is 2.22. The maximum absolute atomic E-state index is 10.9. The van der Waals surface area contributed by atoms with Crippen molar-refractivity contribution in [1.82, 2.24) is 4.90 Å². The Labute approximate surface area is 80.9 Å². The van der Waals surface area contributed by atoms with Gasteiger partial charge >= 0.3 is 0 Å². The highest BCUT2D eigenvalue weighted by atomic mass is 32.2. The number of hydrogen-bond acceptors (Lipinski definition) is 4. The Morgan fingerprint density at radius 3 is 2.14 bits per heavy atom. The Morgan fingerprint density at radius 1 is 1.21 bits per heavy atom. The molecule has 0 saturated heterocycles. The van der Waals surface area contributed by atoms with Crippen molar-refractivity contribution in [3.05, 3.63) is 12.2 Å². The summed E-state index contributed by atoms with van der Waals surface area (Å²) in [5.74, 6) is -1.36. The predicted molar refractivity (Wildman–Crippen MR) is 46.9 cm³/mol. The molecule has 1 heterocycles. The Morgan fingerprint density at radius 2 is 1.71 bits per heavy atom. The molecular formula is C7H9NO5S. The van der Waals surface area contributed by atoms with Crippen LogP contribution in [0.25, 0.3) is 0 Å². The van der Waals surface area contributed by atoms with E-state index in [1.54, 1.807) is 0 Å². The van der Waals surface area contributed by atoms with Gasteiger partial charge in [0.2, 0.25) is 0 Å². The second-order valence-corrected chi connectivity index (χ2v) is 4.37. The number of hydrogen-bond donors (Lipinski definition) is 1. The smallest absolute Gasteiger partial charge is 0.264 e. The van der Waals surface area contributed by atoms with Crippen molar-refractivity contribution in [3.63, 3.8) is 0 Å². The van der Waals surface area contributed by atoms with Crippen molar-refractivity contribution in [2.24, 2.45) is 0 Å². The number of carbonyl (C=O) groups excluding carboxylic acids is 2. The van der Waals surface area contributed by atoms with E-state index in [-0.39, 0.29) is 13.0 Å². The third-order valence-corrected chi connectivity index (χ3v) is 2.49. The Kier molecular flexibility index (Phi) is 3.02. The molecule has 6 nitrogen and oxygen atoms in total. The van der Waals surface area contributed by atoms with Crippen molar-refractivity contribution in [3.8, 4) is 0 Å². The molecule has 1 rings (SSSR count). The summed E-state index contributed by atoms with van der Waals surface area (Å²) >= 11 is 0. The van der Waals surface area contributed by atoms with E-state index >= 15 is 0 Å². The van der Waals surface area contributed by atoms with E-state index in [1.165, 1.54) is 0 Å². The third-order valence-electron chi connectivity index (χ3n) is 1.68. The minimum atomic E-state index is -4.02. The molecule has 0 aromatic rings. The van der Waals surface area contributed by atoms with Gasteiger partial charge in [0.15, 0.2) is 0 Å². The van der Waals surface area contributed by atoms with Crippen molar-refractivity contribution >= 4 is 21.9 Å². The van der Waals surface area contributed by atoms with Gasteiger partial charge in [0.1, 0.15) is 0 Å². The van der Waals surface area contributed by atoms with E-state index in [1.807, 2.05) is 0 Å². The summed E-state index contributed by atoms with van der Waals surface area (Å²) in [4.78, 5) is 22.8. The average Bonchev–Trinajstić information content (AvgIpc) is 2.33. The Balaban J connectivity index is 2.40. The summed E-state index contributed by atoms with van der Waals surface area (Å²) in [6.07, 6.45) is 2.28. The summed E-state index contributed by atoms with van der Waals surface area (Å²) in [5.41, 5.74) is 0. The molecule has 1 aliphatic rings. The molecule has 0 saturated carbocycles. The third kappa shape index (κ3) is 2.93. The Bertz CT molecular complexity index is 365. The molecule has 14 heavy (non-hydrogen) atoms. The molecule has 0 bridgehead atoms. The molecule has 0 spiro atoms. The summed E-state index contributed by atoms with van der Waals surface area (Å²) in [5, 5.41) is 0. The van der Waals surface area contributed by atoms with Gasteiger partial charge in [-0.15, -0.1) is 0 Å². The minimum Gasteiger partial charge on any atom is -0.286 e. The number of amides is 2. The van der Waals surface area contributed by atoms with Crippen LogP contribution in [0, 0.1) is 0 Å². The molecular weight excluding hydrogens is 210 g/mol. The predicted octanol–water partition coefficient (Wildman–Crippen LogP) is -0.811. The van der Waals surface area contributed by atoms with Crippen LogP contribution in [0.1, 0.15) is 6.42 Å². The second-order valence-electron chi connectivity index (χ2n) is 2.80. The normalized spacial score (nSPS) is 16.8. The molecule has 0 aromatic carbocycles. The summed E-state index contributed by atoms with van der Waals surface area (Å²) in [6, 6.07) is 0. The van der Waals surface area contributed by atoms with Crippen molar-refractivity contribution in [2.45, 2.75) is 6.42 Å². The van der Waals surface area contributed by atoms with Gasteiger partial charge < -0.3 is 0 Å². The van der Waals surface area contributed by atoms with Gasteiger partial charge in [-0.25, -0.2) is 0 Å². The first-order chi connectivity index (χ1) is 6.40. The largest absolute Gasteiger partial charge is 0.286 e. The van der Waals surface area contributed by atoms with E-state index in [4.69, 9.17) is 4.55 Å². The van der Waals surface area contributed by atoms with E-state index in [0.717, 1.165) is 17.1 Å². The van der Waals surface area contributed by atoms with Crippen LogP contribution in [0.15, 0.2) is 12.2 Å². The van der Waals surface area contributed by atoms with Gasteiger partial charge in [-0.05, 0) is 6.42 Å². The van der Waals surface area contributed by atoms with Crippen LogP contribution in [0.3, 0.4) is 0 Å². The molecule has 0 unspecified atom stereocenters. The van der Waals surface area contributed by atoms with E-state index < -0.39 is 27.7 Å². The fourth-order valence-electron chi connectivity index (χ4n) is 1.06. The van der Waals surface area contributed by atoms with Crippen LogP contribution >= 0.6 is 0 Å². The van der Waals surface area contributed by atoms with E-state index in [9.17, 15) is 18.0 Å². The summed E-state index contributed by atoms with van der Waals surface area (Å²) in [6.45, 7) is 0.00442. The van der Waals surface area contributed by atoms with E-state index in [0.29, 0.717) is 0 Å². The lowest BCUT2D eigenvalue weighted by atomic mass is 10.4. The topological polar surface area (TPSA) is 91.8 Å². The molecule has 0 aliphatic carbocycles. The van der Waals surface area contributed by atoms with Crippen LogP contribution < -0.4 is 0 Å². The first-order valence-electron chi connectivity index (χ1n) is 3.89. The summed E-state index contributed by atoms with van der Waals surface area (Å²) < 4.78 is 29.0. The van der Waals surface area contributed by atoms with Gasteiger partial charge in [-0.2, -0.15) is 8.42 Å². The molecule has 0 atom stereocenters. The lowest BCUT2D eigenvalue weighted by Crippen LogP contribution is -2.31. The maximum Gasteiger partial charge on any atom is 0.264 e. The van der Waals surface area contributed by atoms with E-state index in [2.05, 4.69) is 0 Å². The molecule has 1 aliphatic heterocycles. The zero-order valence-electron chi connectivity index (χ0n) is 7.21. The van der Waals surface area contributed by atoms with Crippen LogP contribution in [0.5, 0.6) is 0 Å². The second kappa shape index (κ2) is 3.89. The molecule has 1 N–H and O–H groups in total. The van der Waals surface area contributed by atoms with Gasteiger partial charge in [0.05, 0.1) is 5.75 Å². The molecule has 0 fully saturated rings.